The van der Waals surface area contributed by atoms with Gasteiger partial charge in [-0.15, -0.1) is 0 Å². The molecule has 3 heteroatoms. The van der Waals surface area contributed by atoms with E-state index in [2.05, 4.69) is 0 Å². The summed E-state index contributed by atoms with van der Waals surface area (Å²) in [5, 5.41) is 0. The molecule has 0 atom stereocenters. The summed E-state index contributed by atoms with van der Waals surface area (Å²) >= 11 is 6.68. The van der Waals surface area contributed by atoms with E-state index in [1.165, 1.54) is 23.4 Å². The van der Waals surface area contributed by atoms with Gasteiger partial charge in [-0.05, 0) is 0 Å². The number of halogens is 1. The third-order valence-corrected chi connectivity index (χ3v) is 1.16. The molecule has 0 aromatic carbocycles. The van der Waals surface area contributed by atoms with Crippen LogP contribution < -0.4 is 0 Å². The molecule has 0 saturated heterocycles. The van der Waals surface area contributed by atoms with Gasteiger partial charge in [-0.2, -0.15) is 0 Å². The van der Waals surface area contributed by atoms with Gasteiger partial charge in [0.2, 0.25) is 0 Å². The number of hydrogen-bond donors (Lipinski definition) is 0. The quantitative estimate of drug-likeness (QED) is 0.383. The van der Waals surface area contributed by atoms with Crippen LogP contribution in [0.4, 0.5) is 0 Å². The zero-order chi connectivity index (χ0) is 4.83. The van der Waals surface area contributed by atoms with Gasteiger partial charge < -0.3 is 0 Å². The van der Waals surface area contributed by atoms with E-state index in [4.69, 9.17) is 14.6 Å². The Morgan fingerprint density at radius 3 is 2.50 bits per heavy atom. The van der Waals surface area contributed by atoms with Crippen LogP contribution in [0.3, 0.4) is 0 Å². The summed E-state index contributed by atoms with van der Waals surface area (Å²) in [5.74, 6) is 0.710. The maximum atomic E-state index is 5.31. The first-order valence-electron chi connectivity index (χ1n) is 1.74. The van der Waals surface area contributed by atoms with E-state index in [-0.39, 0.29) is 0 Å². The minimum absolute atomic E-state index is 0.710. The molecule has 0 aromatic rings. The molecular formula is C3H6ClOSb. The van der Waals surface area contributed by atoms with E-state index in [9.17, 15) is 0 Å². The molecule has 6 heavy (non-hydrogen) atoms. The predicted octanol–water partition coefficient (Wildman–Crippen LogP) is 0.715. The van der Waals surface area contributed by atoms with Gasteiger partial charge in [-0.3, -0.25) is 0 Å². The Bertz CT molecular complexity index is 22.8. The fourth-order valence-electron chi connectivity index (χ4n) is 0.119. The summed E-state index contributed by atoms with van der Waals surface area (Å²) in [7, 11) is 0. The fraction of sp³-hybridized carbons (Fsp3) is 1.00. The van der Waals surface area contributed by atoms with Gasteiger partial charge in [0.15, 0.2) is 0 Å². The molecule has 0 heterocycles. The zero-order valence-corrected chi connectivity index (χ0v) is 6.66. The molecule has 0 amide bonds. The van der Waals surface area contributed by atoms with Crippen LogP contribution in [0.25, 0.3) is 0 Å². The van der Waals surface area contributed by atoms with Crippen molar-refractivity contribution in [2.45, 2.75) is 6.42 Å². The summed E-state index contributed by atoms with van der Waals surface area (Å²) in [6.45, 7) is 0.803. The normalized spacial score (nSPS) is 9.00. The molecular weight excluding hydrogens is 209 g/mol. The topological polar surface area (TPSA) is 9.23 Å². The van der Waals surface area contributed by atoms with Crippen LogP contribution in [0, 0.1) is 0 Å². The van der Waals surface area contributed by atoms with Crippen LogP contribution in [-0.2, 0) is 3.02 Å². The Morgan fingerprint density at radius 2 is 2.33 bits per heavy atom. The molecule has 2 radical (unpaired) electrons. The average molecular weight is 215 g/mol. The minimum atomic E-state index is 0.710. The van der Waals surface area contributed by atoms with Crippen molar-refractivity contribution in [1.82, 2.24) is 0 Å². The molecule has 0 aliphatic rings. The van der Waals surface area contributed by atoms with E-state index in [0.29, 0.717) is 5.88 Å². The van der Waals surface area contributed by atoms with Crippen molar-refractivity contribution in [3.8, 4) is 0 Å². The molecule has 36 valence electrons. The summed E-state index contributed by atoms with van der Waals surface area (Å²) in [5.41, 5.74) is 0. The van der Waals surface area contributed by atoms with Crippen LogP contribution in [0.5, 0.6) is 0 Å². The van der Waals surface area contributed by atoms with Crippen LogP contribution in [0.1, 0.15) is 6.42 Å². The monoisotopic (exact) mass is 214 g/mol. The van der Waals surface area contributed by atoms with Crippen molar-refractivity contribution >= 4 is 35.0 Å². The number of hydrogen-bond acceptors (Lipinski definition) is 1. The number of rotatable bonds is 3. The van der Waals surface area contributed by atoms with E-state index in [1.54, 1.807) is 0 Å². The summed E-state index contributed by atoms with van der Waals surface area (Å²) < 4.78 is 4.75. The van der Waals surface area contributed by atoms with Gasteiger partial charge >= 0.3 is 57.0 Å². The van der Waals surface area contributed by atoms with E-state index >= 15 is 0 Å². The van der Waals surface area contributed by atoms with Gasteiger partial charge in [-0.25, -0.2) is 0 Å². The standard InChI is InChI=1S/C3H6ClO.Sb/c4-2-1-3-5;/h1-3H2;/q-1;+1. The van der Waals surface area contributed by atoms with Gasteiger partial charge in [0.25, 0.3) is 0 Å². The Kier molecular flexibility index (Phi) is 7.15. The Morgan fingerprint density at radius 1 is 1.67 bits per heavy atom. The molecule has 0 aliphatic heterocycles. The fourth-order valence-corrected chi connectivity index (χ4v) is 0.597. The second kappa shape index (κ2) is 6.07. The van der Waals surface area contributed by atoms with Gasteiger partial charge in [0.1, 0.15) is 0 Å². The first kappa shape index (κ1) is 7.07. The van der Waals surface area contributed by atoms with Crippen LogP contribution in [0.2, 0.25) is 0 Å². The van der Waals surface area contributed by atoms with Crippen LogP contribution in [0.15, 0.2) is 0 Å². The first-order valence-corrected chi connectivity index (χ1v) is 3.32. The second-order valence-electron chi connectivity index (χ2n) is 0.876. The maximum absolute atomic E-state index is 5.31. The van der Waals surface area contributed by atoms with Crippen molar-refractivity contribution in [1.29, 1.82) is 0 Å². The van der Waals surface area contributed by atoms with E-state index in [1.807, 2.05) is 0 Å². The third kappa shape index (κ3) is 5.07. The second-order valence-corrected chi connectivity index (χ2v) is 1.99. The van der Waals surface area contributed by atoms with Gasteiger partial charge in [0.05, 0.1) is 0 Å². The average Bonchev–Trinajstić information content (AvgIpc) is 1.61. The van der Waals surface area contributed by atoms with Crippen LogP contribution in [-0.4, -0.2) is 35.9 Å². The van der Waals surface area contributed by atoms with Gasteiger partial charge in [-0.1, -0.05) is 0 Å². The van der Waals surface area contributed by atoms with E-state index in [0.717, 1.165) is 13.0 Å². The molecule has 0 N–H and O–H groups in total. The third-order valence-electron chi connectivity index (χ3n) is 0.369. The van der Waals surface area contributed by atoms with Crippen molar-refractivity contribution in [2.75, 3.05) is 12.5 Å². The summed E-state index contributed by atoms with van der Waals surface area (Å²) in [4.78, 5) is 0. The summed E-state index contributed by atoms with van der Waals surface area (Å²) in [6, 6.07) is 0. The molecule has 0 aliphatic carbocycles. The Labute approximate surface area is 57.1 Å². The molecule has 0 rings (SSSR count). The molecule has 0 saturated carbocycles. The molecule has 0 aromatic heterocycles. The van der Waals surface area contributed by atoms with Crippen molar-refractivity contribution in [3.63, 3.8) is 0 Å². The van der Waals surface area contributed by atoms with Gasteiger partial charge in [0, 0.05) is 0 Å². The zero-order valence-electron chi connectivity index (χ0n) is 3.35. The van der Waals surface area contributed by atoms with Crippen molar-refractivity contribution in [2.24, 2.45) is 0 Å². The molecule has 0 fully saturated rings. The van der Waals surface area contributed by atoms with Crippen molar-refractivity contribution in [3.05, 3.63) is 0 Å². The van der Waals surface area contributed by atoms with E-state index < -0.39 is 0 Å². The molecule has 0 bridgehead atoms. The molecule has 0 spiro atoms. The molecule has 1 nitrogen and oxygen atoms in total. The Balaban J connectivity index is 2.34. The number of alkyl halides is 1. The predicted molar refractivity (Wildman–Crippen MR) is 27.0 cm³/mol. The van der Waals surface area contributed by atoms with Crippen molar-refractivity contribution < 1.29 is 3.02 Å². The Hall–Kier alpha value is 1.07. The van der Waals surface area contributed by atoms with Crippen LogP contribution >= 0.6 is 11.6 Å². The first-order chi connectivity index (χ1) is 2.91. The SMILES string of the molecule is ClCCC[O][Sb]. The molecule has 0 unspecified atom stereocenters. The summed E-state index contributed by atoms with van der Waals surface area (Å²) in [6.07, 6.45) is 0.969.